The molecule has 5 heteroatoms. The molecule has 2 rings (SSSR count). The lowest BCUT2D eigenvalue weighted by atomic mass is 9.84. The van der Waals surface area contributed by atoms with E-state index in [1.165, 1.54) is 0 Å². The van der Waals surface area contributed by atoms with E-state index in [0.29, 0.717) is 18.6 Å². The standard InChI is InChI=1S/C14H20O4S/c1-11-6-8-12(9-7-11)17-19(16)18-13-5-3-4-10-14(13,2)15/h6-9,13,15H,3-5,10H2,1-2H3. The Bertz CT molecular complexity index is 441. The van der Waals surface area contributed by atoms with Gasteiger partial charge in [-0.15, -0.1) is 0 Å². The molecule has 1 aromatic rings. The van der Waals surface area contributed by atoms with E-state index in [2.05, 4.69) is 0 Å². The first-order valence-electron chi connectivity index (χ1n) is 6.54. The highest BCUT2D eigenvalue weighted by molar-refractivity contribution is 7.75. The third-order valence-corrected chi connectivity index (χ3v) is 4.19. The zero-order valence-corrected chi connectivity index (χ0v) is 12.1. The predicted molar refractivity (Wildman–Crippen MR) is 73.9 cm³/mol. The smallest absolute Gasteiger partial charge is 0.360 e. The van der Waals surface area contributed by atoms with Crippen molar-refractivity contribution in [2.75, 3.05) is 0 Å². The molecule has 0 saturated heterocycles. The minimum absolute atomic E-state index is 0.437. The van der Waals surface area contributed by atoms with Gasteiger partial charge in [0, 0.05) is 0 Å². The summed E-state index contributed by atoms with van der Waals surface area (Å²) in [5, 5.41) is 10.2. The molecule has 3 unspecified atom stereocenters. The van der Waals surface area contributed by atoms with Crippen molar-refractivity contribution >= 4 is 11.4 Å². The number of hydrogen-bond acceptors (Lipinski definition) is 4. The highest BCUT2D eigenvalue weighted by atomic mass is 32.2. The van der Waals surface area contributed by atoms with Crippen molar-refractivity contribution in [1.29, 1.82) is 0 Å². The maximum absolute atomic E-state index is 11.8. The highest BCUT2D eigenvalue weighted by Gasteiger charge is 2.37. The average Bonchev–Trinajstić information content (AvgIpc) is 2.35. The van der Waals surface area contributed by atoms with Crippen molar-refractivity contribution in [3.63, 3.8) is 0 Å². The first kappa shape index (κ1) is 14.5. The molecule has 19 heavy (non-hydrogen) atoms. The molecule has 1 N–H and O–H groups in total. The molecular formula is C14H20O4S. The molecule has 1 aliphatic carbocycles. The van der Waals surface area contributed by atoms with Gasteiger partial charge in [0.05, 0.1) is 5.60 Å². The molecule has 0 bridgehead atoms. The van der Waals surface area contributed by atoms with Gasteiger partial charge >= 0.3 is 11.4 Å². The van der Waals surface area contributed by atoms with Crippen molar-refractivity contribution in [3.8, 4) is 5.75 Å². The summed E-state index contributed by atoms with van der Waals surface area (Å²) in [4.78, 5) is 0. The van der Waals surface area contributed by atoms with Crippen LogP contribution in [0.15, 0.2) is 24.3 Å². The fraction of sp³-hybridized carbons (Fsp3) is 0.571. The molecule has 0 radical (unpaired) electrons. The van der Waals surface area contributed by atoms with Gasteiger partial charge in [-0.3, -0.25) is 4.18 Å². The summed E-state index contributed by atoms with van der Waals surface area (Å²) in [6, 6.07) is 7.25. The van der Waals surface area contributed by atoms with E-state index in [0.717, 1.165) is 18.4 Å². The van der Waals surface area contributed by atoms with Gasteiger partial charge in [0.1, 0.15) is 11.9 Å². The zero-order valence-electron chi connectivity index (χ0n) is 11.3. The third-order valence-electron chi connectivity index (χ3n) is 3.47. The van der Waals surface area contributed by atoms with Crippen LogP contribution in [0, 0.1) is 6.92 Å². The SMILES string of the molecule is Cc1ccc(OS(=O)OC2CCCCC2(C)O)cc1. The Kier molecular flexibility index (Phi) is 4.60. The molecule has 4 nitrogen and oxygen atoms in total. The molecule has 0 aromatic heterocycles. The van der Waals surface area contributed by atoms with Crippen molar-refractivity contribution in [1.82, 2.24) is 0 Å². The minimum atomic E-state index is -1.88. The van der Waals surface area contributed by atoms with E-state index in [1.54, 1.807) is 19.1 Å². The van der Waals surface area contributed by atoms with Crippen LogP contribution in [0.4, 0.5) is 0 Å². The van der Waals surface area contributed by atoms with Crippen LogP contribution >= 0.6 is 0 Å². The lowest BCUT2D eigenvalue weighted by molar-refractivity contribution is -0.0713. The van der Waals surface area contributed by atoms with E-state index in [-0.39, 0.29) is 0 Å². The van der Waals surface area contributed by atoms with Crippen LogP contribution in [0.2, 0.25) is 0 Å². The minimum Gasteiger partial charge on any atom is -0.387 e. The normalized spacial score (nSPS) is 28.9. The Hall–Kier alpha value is -0.910. The van der Waals surface area contributed by atoms with E-state index in [4.69, 9.17) is 8.37 Å². The lowest BCUT2D eigenvalue weighted by Crippen LogP contribution is -2.44. The van der Waals surface area contributed by atoms with E-state index >= 15 is 0 Å². The largest absolute Gasteiger partial charge is 0.387 e. The van der Waals surface area contributed by atoms with Gasteiger partial charge in [0.25, 0.3) is 0 Å². The third kappa shape index (κ3) is 4.03. The summed E-state index contributed by atoms with van der Waals surface area (Å²) in [7, 11) is 0. The summed E-state index contributed by atoms with van der Waals surface area (Å²) in [6.45, 7) is 3.69. The molecule has 1 saturated carbocycles. The second-order valence-corrected chi connectivity index (χ2v) is 6.06. The molecular weight excluding hydrogens is 264 g/mol. The topological polar surface area (TPSA) is 55.8 Å². The predicted octanol–water partition coefficient (Wildman–Crippen LogP) is 2.66. The fourth-order valence-corrected chi connectivity index (χ4v) is 3.02. The first-order valence-corrected chi connectivity index (χ1v) is 7.54. The number of benzene rings is 1. The van der Waals surface area contributed by atoms with Crippen LogP contribution in [0.1, 0.15) is 38.2 Å². The first-order chi connectivity index (χ1) is 8.97. The van der Waals surface area contributed by atoms with Crippen LogP contribution in [0.5, 0.6) is 5.75 Å². The highest BCUT2D eigenvalue weighted by Crippen LogP contribution is 2.31. The molecule has 0 heterocycles. The van der Waals surface area contributed by atoms with Gasteiger partial charge in [0.15, 0.2) is 0 Å². The van der Waals surface area contributed by atoms with Gasteiger partial charge in [0.2, 0.25) is 0 Å². The second kappa shape index (κ2) is 6.03. The summed E-state index contributed by atoms with van der Waals surface area (Å²) in [5.74, 6) is 0.499. The zero-order chi connectivity index (χ0) is 13.9. The summed E-state index contributed by atoms with van der Waals surface area (Å²) < 4.78 is 22.4. The maximum atomic E-state index is 11.8. The monoisotopic (exact) mass is 284 g/mol. The molecule has 0 spiro atoms. The van der Waals surface area contributed by atoms with Crippen LogP contribution in [-0.4, -0.2) is 21.0 Å². The second-order valence-electron chi connectivity index (χ2n) is 5.29. The van der Waals surface area contributed by atoms with Gasteiger partial charge in [-0.1, -0.05) is 30.5 Å². The maximum Gasteiger partial charge on any atom is 0.360 e. The Morgan fingerprint density at radius 1 is 1.32 bits per heavy atom. The molecule has 106 valence electrons. The Morgan fingerprint density at radius 3 is 2.63 bits per heavy atom. The van der Waals surface area contributed by atoms with Crippen molar-refractivity contribution in [3.05, 3.63) is 29.8 Å². The van der Waals surface area contributed by atoms with Gasteiger partial charge in [-0.25, -0.2) is 0 Å². The Morgan fingerprint density at radius 2 is 2.00 bits per heavy atom. The number of aliphatic hydroxyl groups is 1. The lowest BCUT2D eigenvalue weighted by Gasteiger charge is -2.35. The molecule has 1 fully saturated rings. The summed E-state index contributed by atoms with van der Waals surface area (Å²) in [6.07, 6.45) is 2.88. The van der Waals surface area contributed by atoms with Crippen molar-refractivity contribution < 1.29 is 17.7 Å². The van der Waals surface area contributed by atoms with Crippen molar-refractivity contribution in [2.24, 2.45) is 0 Å². The Labute approximate surface area is 116 Å². The quantitative estimate of drug-likeness (QED) is 0.923. The average molecular weight is 284 g/mol. The van der Waals surface area contributed by atoms with Crippen LogP contribution in [0.3, 0.4) is 0 Å². The van der Waals surface area contributed by atoms with Crippen molar-refractivity contribution in [2.45, 2.75) is 51.2 Å². The van der Waals surface area contributed by atoms with Gasteiger partial charge < -0.3 is 9.29 Å². The molecule has 1 aromatic carbocycles. The Balaban J connectivity index is 1.92. The molecule has 0 amide bonds. The molecule has 1 aliphatic rings. The number of aryl methyl sites for hydroxylation is 1. The summed E-state index contributed by atoms with van der Waals surface area (Å²) >= 11 is -1.88. The molecule has 3 atom stereocenters. The molecule has 0 aliphatic heterocycles. The number of rotatable bonds is 4. The van der Waals surface area contributed by atoms with Gasteiger partial charge in [-0.05, 0) is 38.8 Å². The number of hydrogen-bond donors (Lipinski definition) is 1. The van der Waals surface area contributed by atoms with E-state index < -0.39 is 23.1 Å². The van der Waals surface area contributed by atoms with Gasteiger partial charge in [-0.2, -0.15) is 4.21 Å². The van der Waals surface area contributed by atoms with Crippen LogP contribution in [-0.2, 0) is 15.5 Å². The van der Waals surface area contributed by atoms with Crippen LogP contribution in [0.25, 0.3) is 0 Å². The summed E-state index contributed by atoms with van der Waals surface area (Å²) in [5.41, 5.74) is 0.180. The fourth-order valence-electron chi connectivity index (χ4n) is 2.22. The van der Waals surface area contributed by atoms with E-state index in [1.807, 2.05) is 19.1 Å². The van der Waals surface area contributed by atoms with E-state index in [9.17, 15) is 9.32 Å². The van der Waals surface area contributed by atoms with Crippen LogP contribution < -0.4 is 4.18 Å².